The fourth-order valence-corrected chi connectivity index (χ4v) is 8.72. The van der Waals surface area contributed by atoms with Gasteiger partial charge in [0.25, 0.3) is 5.91 Å². The van der Waals surface area contributed by atoms with Crippen LogP contribution < -0.4 is 0 Å². The Morgan fingerprint density at radius 3 is 2.46 bits per heavy atom. The molecule has 0 spiro atoms. The van der Waals surface area contributed by atoms with Gasteiger partial charge in [-0.2, -0.15) is 9.41 Å². The molecular weight excluding hydrogens is 549 g/mol. The van der Waals surface area contributed by atoms with Gasteiger partial charge in [0.05, 0.1) is 23.2 Å². The van der Waals surface area contributed by atoms with Gasteiger partial charge in [0, 0.05) is 41.9 Å². The van der Waals surface area contributed by atoms with Crippen LogP contribution in [0.15, 0.2) is 74.9 Å². The van der Waals surface area contributed by atoms with E-state index < -0.39 is 10.0 Å². The van der Waals surface area contributed by atoms with Crippen molar-refractivity contribution in [2.24, 2.45) is 11.0 Å². The summed E-state index contributed by atoms with van der Waals surface area (Å²) in [5.74, 6) is 0.171. The topological polar surface area (TPSA) is 73.3 Å². The first-order chi connectivity index (χ1) is 18.9. The lowest BCUT2D eigenvalue weighted by Crippen LogP contribution is -2.51. The lowest BCUT2D eigenvalue weighted by atomic mass is 9.79. The maximum atomic E-state index is 13.8. The van der Waals surface area contributed by atoms with Gasteiger partial charge in [0.1, 0.15) is 0 Å². The minimum absolute atomic E-state index is 0.0272. The molecule has 4 heterocycles. The molecule has 2 aromatic heterocycles. The summed E-state index contributed by atoms with van der Waals surface area (Å²) in [5.41, 5.74) is 3.31. The highest BCUT2D eigenvalue weighted by molar-refractivity contribution is 7.89. The van der Waals surface area contributed by atoms with Gasteiger partial charge >= 0.3 is 0 Å². The number of carbonyl (C=O) groups is 1. The number of benzene rings is 1. The Morgan fingerprint density at radius 1 is 1.03 bits per heavy atom. The van der Waals surface area contributed by atoms with E-state index in [1.165, 1.54) is 19.6 Å². The number of piperazine rings is 1. The van der Waals surface area contributed by atoms with Crippen molar-refractivity contribution < 1.29 is 13.2 Å². The second kappa shape index (κ2) is 11.1. The molecule has 1 amide bonds. The number of thiophene rings is 2. The zero-order valence-electron chi connectivity index (χ0n) is 21.9. The summed E-state index contributed by atoms with van der Waals surface area (Å²) in [6, 6.07) is 15.2. The third-order valence-electron chi connectivity index (χ3n) is 7.80. The smallest absolute Gasteiger partial charge is 0.257 e. The molecule has 3 aromatic rings. The van der Waals surface area contributed by atoms with Crippen LogP contribution in [0.5, 0.6) is 0 Å². The normalized spacial score (nSPS) is 23.7. The van der Waals surface area contributed by atoms with Crippen LogP contribution in [0, 0.1) is 12.8 Å². The Hall–Kier alpha value is -2.63. The fraction of sp³-hybridized carbons (Fsp3) is 0.379. The molecule has 2 fully saturated rings. The summed E-state index contributed by atoms with van der Waals surface area (Å²) in [7, 11) is -3.54. The van der Waals surface area contributed by atoms with Crippen molar-refractivity contribution in [3.63, 3.8) is 0 Å². The minimum Gasteiger partial charge on any atom is -0.292 e. The number of carbonyl (C=O) groups excluding carboxylic acids is 1. The van der Waals surface area contributed by atoms with Crippen molar-refractivity contribution in [3.05, 3.63) is 80.2 Å². The van der Waals surface area contributed by atoms with E-state index in [1.54, 1.807) is 39.8 Å². The van der Waals surface area contributed by atoms with E-state index in [4.69, 9.17) is 5.10 Å². The molecule has 0 N–H and O–H groups in total. The summed E-state index contributed by atoms with van der Waals surface area (Å²) in [6.45, 7) is 3.92. The number of nitrogens with zero attached hydrogens (tertiary/aromatic N) is 4. The van der Waals surface area contributed by atoms with Gasteiger partial charge in [-0.1, -0.05) is 29.8 Å². The highest BCUT2D eigenvalue weighted by Crippen LogP contribution is 2.45. The first kappa shape index (κ1) is 26.6. The van der Waals surface area contributed by atoms with Gasteiger partial charge in [-0.05, 0) is 72.9 Å². The van der Waals surface area contributed by atoms with E-state index in [0.29, 0.717) is 31.1 Å². The third kappa shape index (κ3) is 5.40. The molecule has 204 valence electrons. The van der Waals surface area contributed by atoms with Crippen molar-refractivity contribution in [2.45, 2.75) is 37.1 Å². The Morgan fingerprint density at radius 2 is 1.77 bits per heavy atom. The predicted octanol–water partition coefficient (Wildman–Crippen LogP) is 5.25. The minimum atomic E-state index is -3.54. The molecule has 39 heavy (non-hydrogen) atoms. The van der Waals surface area contributed by atoms with E-state index in [-0.39, 0.29) is 24.4 Å². The Bertz CT molecular complexity index is 1470. The molecule has 1 saturated heterocycles. The molecule has 1 saturated carbocycles. The Labute approximate surface area is 238 Å². The SMILES string of the molecule is Cc1ccc(S(=O)(=O)N2CCN(CC(=O)N3N=C4/C(=C\c5cccs5)CCCC4C3c3cccs3)CC2)cc1. The standard InChI is InChI=1S/C29H32N4O3S3/c1-21-9-11-24(12-10-21)39(35,36)32-15-13-31(14-16-32)20-27(34)33-29(26-8-4-18-38-26)25-7-2-5-22(28(25)30-33)19-23-6-3-17-37-23/h3-4,6,8-12,17-19,25,29H,2,5,7,13-16,20H2,1H3/b22-19-. The van der Waals surface area contributed by atoms with E-state index in [9.17, 15) is 13.2 Å². The molecule has 10 heteroatoms. The van der Waals surface area contributed by atoms with Crippen molar-refractivity contribution in [1.82, 2.24) is 14.2 Å². The van der Waals surface area contributed by atoms with Crippen LogP contribution in [0.2, 0.25) is 0 Å². The van der Waals surface area contributed by atoms with Crippen LogP contribution in [-0.4, -0.2) is 67.0 Å². The predicted molar refractivity (Wildman–Crippen MR) is 157 cm³/mol. The zero-order chi connectivity index (χ0) is 27.0. The molecule has 0 radical (unpaired) electrons. The van der Waals surface area contributed by atoms with Crippen molar-refractivity contribution in [1.29, 1.82) is 0 Å². The molecule has 1 aliphatic carbocycles. The maximum Gasteiger partial charge on any atom is 0.257 e. The summed E-state index contributed by atoms with van der Waals surface area (Å²) in [4.78, 5) is 18.5. The van der Waals surface area contributed by atoms with Gasteiger partial charge in [-0.15, -0.1) is 22.7 Å². The van der Waals surface area contributed by atoms with E-state index >= 15 is 0 Å². The van der Waals surface area contributed by atoms with Gasteiger partial charge in [0.15, 0.2) is 0 Å². The fourth-order valence-electron chi connectivity index (χ4n) is 5.74. The summed E-state index contributed by atoms with van der Waals surface area (Å²) < 4.78 is 27.7. The molecule has 2 atom stereocenters. The van der Waals surface area contributed by atoms with Crippen LogP contribution in [0.3, 0.4) is 0 Å². The largest absolute Gasteiger partial charge is 0.292 e. The molecule has 2 aliphatic heterocycles. The molecule has 7 nitrogen and oxygen atoms in total. The van der Waals surface area contributed by atoms with Gasteiger partial charge in [-0.3, -0.25) is 9.69 Å². The highest BCUT2D eigenvalue weighted by Gasteiger charge is 2.44. The van der Waals surface area contributed by atoms with Crippen molar-refractivity contribution >= 4 is 50.4 Å². The first-order valence-electron chi connectivity index (χ1n) is 13.4. The van der Waals surface area contributed by atoms with Crippen LogP contribution in [0.1, 0.15) is 40.6 Å². The maximum absolute atomic E-state index is 13.8. The summed E-state index contributed by atoms with van der Waals surface area (Å²) >= 11 is 3.40. The summed E-state index contributed by atoms with van der Waals surface area (Å²) in [5, 5.41) is 10.9. The lowest BCUT2D eigenvalue weighted by Gasteiger charge is -2.35. The molecule has 2 unspecified atom stereocenters. The number of hydrogen-bond donors (Lipinski definition) is 0. The molecular formula is C29H32N4O3S3. The van der Waals surface area contributed by atoms with E-state index in [2.05, 4.69) is 39.9 Å². The second-order valence-corrected chi connectivity index (χ2v) is 14.3. The number of fused-ring (bicyclic) bond motifs is 1. The number of amides is 1. The number of hydrazone groups is 1. The molecule has 6 rings (SSSR count). The second-order valence-electron chi connectivity index (χ2n) is 10.4. The molecule has 3 aliphatic rings. The van der Waals surface area contributed by atoms with Crippen LogP contribution in [-0.2, 0) is 14.8 Å². The Balaban J connectivity index is 1.17. The average molecular weight is 581 g/mol. The van der Waals surface area contributed by atoms with E-state index in [0.717, 1.165) is 30.5 Å². The van der Waals surface area contributed by atoms with Crippen LogP contribution >= 0.6 is 22.7 Å². The number of sulfonamides is 1. The van der Waals surface area contributed by atoms with E-state index in [1.807, 2.05) is 25.1 Å². The number of aryl methyl sites for hydroxylation is 1. The number of allylic oxidation sites excluding steroid dienone is 1. The average Bonchev–Trinajstić information content (AvgIpc) is 3.71. The molecule has 1 aromatic carbocycles. The van der Waals surface area contributed by atoms with Crippen molar-refractivity contribution in [2.75, 3.05) is 32.7 Å². The third-order valence-corrected chi connectivity index (χ3v) is 11.5. The Kier molecular flexibility index (Phi) is 7.56. The highest BCUT2D eigenvalue weighted by atomic mass is 32.2. The van der Waals surface area contributed by atoms with Crippen LogP contribution in [0.25, 0.3) is 6.08 Å². The number of hydrogen-bond acceptors (Lipinski definition) is 7. The number of rotatable bonds is 6. The monoisotopic (exact) mass is 580 g/mol. The zero-order valence-corrected chi connectivity index (χ0v) is 24.4. The van der Waals surface area contributed by atoms with Crippen molar-refractivity contribution in [3.8, 4) is 0 Å². The lowest BCUT2D eigenvalue weighted by molar-refractivity contribution is -0.135. The summed E-state index contributed by atoms with van der Waals surface area (Å²) in [6.07, 6.45) is 5.32. The van der Waals surface area contributed by atoms with Gasteiger partial charge < -0.3 is 0 Å². The van der Waals surface area contributed by atoms with Gasteiger partial charge in [-0.25, -0.2) is 13.4 Å². The van der Waals surface area contributed by atoms with Gasteiger partial charge in [0.2, 0.25) is 10.0 Å². The molecule has 0 bridgehead atoms. The van der Waals surface area contributed by atoms with Crippen LogP contribution in [0.4, 0.5) is 0 Å². The first-order valence-corrected chi connectivity index (χ1v) is 16.6. The quantitative estimate of drug-likeness (QED) is 0.399.